The van der Waals surface area contributed by atoms with Gasteiger partial charge >= 0.3 is 11.9 Å². The first-order valence-electron chi connectivity index (χ1n) is 9.72. The van der Waals surface area contributed by atoms with Crippen molar-refractivity contribution in [2.24, 2.45) is 17.8 Å². The van der Waals surface area contributed by atoms with Gasteiger partial charge in [0, 0.05) is 6.08 Å². The van der Waals surface area contributed by atoms with Crippen LogP contribution in [0.1, 0.15) is 72.6 Å². The molecule has 0 aromatic heterocycles. The first-order chi connectivity index (χ1) is 12.2. The molecule has 1 aliphatic heterocycles. The Morgan fingerprint density at radius 3 is 2.46 bits per heavy atom. The summed E-state index contributed by atoms with van der Waals surface area (Å²) in [6.07, 6.45) is 7.62. The maximum absolute atomic E-state index is 11.0. The van der Waals surface area contributed by atoms with Gasteiger partial charge in [0.25, 0.3) is 0 Å². The van der Waals surface area contributed by atoms with E-state index in [4.69, 9.17) is 20.0 Å². The van der Waals surface area contributed by atoms with Crippen LogP contribution in [0.15, 0.2) is 12.2 Å². The summed E-state index contributed by atoms with van der Waals surface area (Å²) in [6, 6.07) is 0. The van der Waals surface area contributed by atoms with Crippen LogP contribution in [0.5, 0.6) is 0 Å². The lowest BCUT2D eigenvalue weighted by Crippen LogP contribution is -2.46. The number of hydrogen-bond donors (Lipinski definition) is 2. The number of hydrogen-bond acceptors (Lipinski definition) is 4. The fourth-order valence-electron chi connectivity index (χ4n) is 3.97. The SMILES string of the molecule is CCC(/C=C/C(=O)O)CC(C)C[C@@]1(CC)C[C@@H](CC)[C@@H](CC(=O)O)OO1. The molecule has 26 heavy (non-hydrogen) atoms. The molecule has 1 fully saturated rings. The lowest BCUT2D eigenvalue weighted by atomic mass is 9.76. The molecule has 0 aromatic carbocycles. The second-order valence-electron chi connectivity index (χ2n) is 7.64. The summed E-state index contributed by atoms with van der Waals surface area (Å²) in [7, 11) is 0. The normalized spacial score (nSPS) is 28.8. The summed E-state index contributed by atoms with van der Waals surface area (Å²) in [5.41, 5.74) is -0.399. The van der Waals surface area contributed by atoms with Gasteiger partial charge in [-0.2, -0.15) is 0 Å². The number of carboxylic acid groups (broad SMARTS) is 2. The van der Waals surface area contributed by atoms with Crippen LogP contribution in [0.25, 0.3) is 0 Å². The third-order valence-electron chi connectivity index (χ3n) is 5.51. The lowest BCUT2D eigenvalue weighted by Gasteiger charge is -2.43. The quantitative estimate of drug-likeness (QED) is 0.412. The van der Waals surface area contributed by atoms with Crippen LogP contribution in [0.4, 0.5) is 0 Å². The average Bonchev–Trinajstić information content (AvgIpc) is 2.59. The largest absolute Gasteiger partial charge is 0.481 e. The summed E-state index contributed by atoms with van der Waals surface area (Å²) in [5.74, 6) is -1.05. The third-order valence-corrected chi connectivity index (χ3v) is 5.51. The first-order valence-corrected chi connectivity index (χ1v) is 9.72. The van der Waals surface area contributed by atoms with E-state index in [1.54, 1.807) is 6.08 Å². The highest BCUT2D eigenvalue weighted by Crippen LogP contribution is 2.41. The van der Waals surface area contributed by atoms with E-state index in [1.807, 2.05) is 0 Å². The van der Waals surface area contributed by atoms with E-state index in [1.165, 1.54) is 6.08 Å². The molecule has 0 saturated carbocycles. The monoisotopic (exact) mass is 370 g/mol. The number of aliphatic carboxylic acids is 2. The van der Waals surface area contributed by atoms with Gasteiger partial charge in [0.2, 0.25) is 0 Å². The Morgan fingerprint density at radius 2 is 1.96 bits per heavy atom. The maximum atomic E-state index is 11.0. The number of allylic oxidation sites excluding steroid dienone is 1. The molecule has 0 radical (unpaired) electrons. The predicted molar refractivity (Wildman–Crippen MR) is 98.6 cm³/mol. The van der Waals surface area contributed by atoms with Crippen molar-refractivity contribution in [1.82, 2.24) is 0 Å². The van der Waals surface area contributed by atoms with Gasteiger partial charge in [-0.3, -0.25) is 4.79 Å². The molecule has 0 bridgehead atoms. The van der Waals surface area contributed by atoms with Crippen molar-refractivity contribution in [2.75, 3.05) is 0 Å². The van der Waals surface area contributed by atoms with Gasteiger partial charge in [0.15, 0.2) is 0 Å². The van der Waals surface area contributed by atoms with Gasteiger partial charge in [-0.1, -0.05) is 40.2 Å². The van der Waals surface area contributed by atoms with Gasteiger partial charge in [-0.25, -0.2) is 14.6 Å². The van der Waals surface area contributed by atoms with Crippen LogP contribution in [-0.2, 0) is 19.4 Å². The Kier molecular flexibility index (Phi) is 9.30. The molecule has 0 amide bonds. The highest BCUT2D eigenvalue weighted by molar-refractivity contribution is 5.79. The van der Waals surface area contributed by atoms with Crippen LogP contribution in [0.3, 0.4) is 0 Å². The lowest BCUT2D eigenvalue weighted by molar-refractivity contribution is -0.424. The minimum absolute atomic E-state index is 0.0360. The second kappa shape index (κ2) is 10.7. The molecule has 1 rings (SSSR count). The Labute approximate surface area is 156 Å². The van der Waals surface area contributed by atoms with Crippen LogP contribution < -0.4 is 0 Å². The van der Waals surface area contributed by atoms with Crippen molar-refractivity contribution in [1.29, 1.82) is 0 Å². The molecule has 6 nitrogen and oxygen atoms in total. The van der Waals surface area contributed by atoms with Crippen molar-refractivity contribution >= 4 is 11.9 Å². The average molecular weight is 370 g/mol. The van der Waals surface area contributed by atoms with E-state index in [0.29, 0.717) is 5.92 Å². The van der Waals surface area contributed by atoms with Crippen LogP contribution in [0.2, 0.25) is 0 Å². The zero-order chi connectivity index (χ0) is 19.7. The zero-order valence-corrected chi connectivity index (χ0v) is 16.4. The summed E-state index contributed by atoms with van der Waals surface area (Å²) >= 11 is 0. The summed E-state index contributed by atoms with van der Waals surface area (Å²) in [5, 5.41) is 17.9. The van der Waals surface area contributed by atoms with E-state index in [9.17, 15) is 9.59 Å². The van der Waals surface area contributed by atoms with Crippen LogP contribution in [0, 0.1) is 17.8 Å². The molecule has 2 unspecified atom stereocenters. The summed E-state index contributed by atoms with van der Waals surface area (Å²) < 4.78 is 0. The van der Waals surface area contributed by atoms with Gasteiger partial charge in [-0.15, -0.1) is 0 Å². The molecular weight excluding hydrogens is 336 g/mol. The van der Waals surface area contributed by atoms with Gasteiger partial charge in [0.1, 0.15) is 11.7 Å². The van der Waals surface area contributed by atoms with Gasteiger partial charge in [0.05, 0.1) is 6.42 Å². The van der Waals surface area contributed by atoms with Gasteiger partial charge in [-0.05, 0) is 49.9 Å². The van der Waals surface area contributed by atoms with E-state index in [2.05, 4.69) is 27.7 Å². The molecule has 5 atom stereocenters. The standard InChI is InChI=1S/C20H34O6/c1-5-15(8-9-18(21)22)10-14(4)12-20(7-3)13-16(6-2)17(25-26-20)11-19(23)24/h8-9,14-17H,5-7,10-13H2,1-4H3,(H,21,22)(H,23,24)/b9-8+/t14?,15?,16-,17-,20+/m1/s1. The zero-order valence-electron chi connectivity index (χ0n) is 16.4. The molecule has 1 saturated heterocycles. The number of carbonyl (C=O) groups is 2. The molecule has 0 aliphatic carbocycles. The molecule has 0 spiro atoms. The predicted octanol–water partition coefficient (Wildman–Crippen LogP) is 4.44. The topological polar surface area (TPSA) is 93.1 Å². The van der Waals surface area contributed by atoms with Crippen molar-refractivity contribution in [3.8, 4) is 0 Å². The highest BCUT2D eigenvalue weighted by atomic mass is 17.2. The minimum Gasteiger partial charge on any atom is -0.481 e. The third kappa shape index (κ3) is 7.08. The highest BCUT2D eigenvalue weighted by Gasteiger charge is 2.43. The van der Waals surface area contributed by atoms with E-state index < -0.39 is 23.6 Å². The van der Waals surface area contributed by atoms with Crippen molar-refractivity contribution in [2.45, 2.75) is 84.3 Å². The molecule has 150 valence electrons. The fourth-order valence-corrected chi connectivity index (χ4v) is 3.97. The van der Waals surface area contributed by atoms with Crippen molar-refractivity contribution in [3.63, 3.8) is 0 Å². The second-order valence-corrected chi connectivity index (χ2v) is 7.64. The van der Waals surface area contributed by atoms with Crippen molar-refractivity contribution in [3.05, 3.63) is 12.2 Å². The van der Waals surface area contributed by atoms with Crippen molar-refractivity contribution < 1.29 is 29.6 Å². The Hall–Kier alpha value is -1.40. The Bertz CT molecular complexity index is 489. The van der Waals surface area contributed by atoms with E-state index in [-0.39, 0.29) is 18.3 Å². The Balaban J connectivity index is 2.72. The Morgan fingerprint density at radius 1 is 1.27 bits per heavy atom. The molecule has 1 heterocycles. The maximum Gasteiger partial charge on any atom is 0.327 e. The molecular formula is C20H34O6. The minimum atomic E-state index is -0.916. The molecule has 0 aromatic rings. The number of carboxylic acids is 2. The smallest absolute Gasteiger partial charge is 0.327 e. The van der Waals surface area contributed by atoms with Crippen LogP contribution in [-0.4, -0.2) is 33.9 Å². The number of rotatable bonds is 11. The molecule has 2 N–H and O–H groups in total. The molecule has 6 heteroatoms. The summed E-state index contributed by atoms with van der Waals surface area (Å²) in [4.78, 5) is 33.1. The van der Waals surface area contributed by atoms with E-state index in [0.717, 1.165) is 38.5 Å². The van der Waals surface area contributed by atoms with Gasteiger partial charge < -0.3 is 10.2 Å². The van der Waals surface area contributed by atoms with Crippen LogP contribution >= 0.6 is 0 Å². The van der Waals surface area contributed by atoms with E-state index >= 15 is 0 Å². The fraction of sp³-hybridized carbons (Fsp3) is 0.800. The first kappa shape index (κ1) is 22.6. The molecule has 1 aliphatic rings. The summed E-state index contributed by atoms with van der Waals surface area (Å²) in [6.45, 7) is 8.34.